The van der Waals surface area contributed by atoms with Gasteiger partial charge in [-0.05, 0) is 56.5 Å². The SMILES string of the molecule is CC1CCN(C(CNC(=O)N2CCC(CO)CC2)C(C)C)CC1. The molecule has 2 fully saturated rings. The molecule has 0 bridgehead atoms. The molecule has 5 nitrogen and oxygen atoms in total. The number of amides is 2. The Hall–Kier alpha value is -0.810. The molecule has 2 aliphatic rings. The number of hydrogen-bond acceptors (Lipinski definition) is 3. The third-order valence-corrected chi connectivity index (χ3v) is 5.68. The van der Waals surface area contributed by atoms with Crippen molar-refractivity contribution in [2.24, 2.45) is 17.8 Å². The summed E-state index contributed by atoms with van der Waals surface area (Å²) in [6.07, 6.45) is 4.38. The molecule has 1 atom stereocenters. The zero-order valence-electron chi connectivity index (χ0n) is 15.1. The summed E-state index contributed by atoms with van der Waals surface area (Å²) in [5.41, 5.74) is 0. The first-order valence-corrected chi connectivity index (χ1v) is 9.39. The third kappa shape index (κ3) is 5.35. The van der Waals surface area contributed by atoms with Gasteiger partial charge in [-0.2, -0.15) is 0 Å². The molecule has 2 heterocycles. The maximum Gasteiger partial charge on any atom is 0.317 e. The van der Waals surface area contributed by atoms with Gasteiger partial charge < -0.3 is 15.3 Å². The maximum atomic E-state index is 12.4. The topological polar surface area (TPSA) is 55.8 Å². The number of hydrogen-bond donors (Lipinski definition) is 2. The molecule has 0 aromatic heterocycles. The van der Waals surface area contributed by atoms with Crippen molar-refractivity contribution in [3.8, 4) is 0 Å². The fourth-order valence-corrected chi connectivity index (χ4v) is 3.77. The standard InChI is InChI=1S/C18H35N3O2/c1-14(2)17(20-8-4-15(3)5-9-20)12-19-18(23)21-10-6-16(13-22)7-11-21/h14-17,22H,4-13H2,1-3H3,(H,19,23). The number of nitrogens with one attached hydrogen (secondary N) is 1. The molecule has 2 aliphatic heterocycles. The fourth-order valence-electron chi connectivity index (χ4n) is 3.77. The van der Waals surface area contributed by atoms with Crippen LogP contribution in [0, 0.1) is 17.8 Å². The minimum absolute atomic E-state index is 0.0671. The summed E-state index contributed by atoms with van der Waals surface area (Å²) in [6.45, 7) is 11.7. The monoisotopic (exact) mass is 325 g/mol. The van der Waals surface area contributed by atoms with Crippen LogP contribution < -0.4 is 5.32 Å². The second-order valence-electron chi connectivity index (χ2n) is 7.83. The summed E-state index contributed by atoms with van der Waals surface area (Å²) >= 11 is 0. The van der Waals surface area contributed by atoms with E-state index in [1.807, 2.05) is 4.90 Å². The van der Waals surface area contributed by atoms with Crippen LogP contribution in [0.3, 0.4) is 0 Å². The van der Waals surface area contributed by atoms with Crippen molar-refractivity contribution in [1.29, 1.82) is 0 Å². The minimum atomic E-state index is 0.0671. The van der Waals surface area contributed by atoms with Gasteiger partial charge in [0, 0.05) is 32.3 Å². The Bertz CT molecular complexity index is 359. The van der Waals surface area contributed by atoms with Gasteiger partial charge in [0.05, 0.1) is 0 Å². The molecule has 1 unspecified atom stereocenters. The van der Waals surface area contributed by atoms with Gasteiger partial charge in [-0.15, -0.1) is 0 Å². The second kappa shape index (κ2) is 8.88. The van der Waals surface area contributed by atoms with Crippen LogP contribution in [0.4, 0.5) is 4.79 Å². The lowest BCUT2D eigenvalue weighted by Crippen LogP contribution is -2.52. The van der Waals surface area contributed by atoms with Crippen LogP contribution in [0.2, 0.25) is 0 Å². The molecule has 0 aromatic rings. The zero-order valence-corrected chi connectivity index (χ0v) is 15.1. The Balaban J connectivity index is 1.78. The Morgan fingerprint density at radius 3 is 2.26 bits per heavy atom. The van der Waals surface area contributed by atoms with Crippen LogP contribution in [0.15, 0.2) is 0 Å². The van der Waals surface area contributed by atoms with Gasteiger partial charge in [-0.25, -0.2) is 4.79 Å². The normalized spacial score (nSPS) is 23.3. The number of urea groups is 1. The highest BCUT2D eigenvalue weighted by molar-refractivity contribution is 5.74. The van der Waals surface area contributed by atoms with Crippen molar-refractivity contribution in [1.82, 2.24) is 15.1 Å². The average molecular weight is 325 g/mol. The lowest BCUT2D eigenvalue weighted by atomic mass is 9.94. The van der Waals surface area contributed by atoms with Crippen molar-refractivity contribution >= 4 is 6.03 Å². The van der Waals surface area contributed by atoms with Crippen molar-refractivity contribution in [2.75, 3.05) is 39.3 Å². The summed E-state index contributed by atoms with van der Waals surface area (Å²) in [7, 11) is 0. The Morgan fingerprint density at radius 1 is 1.13 bits per heavy atom. The summed E-state index contributed by atoms with van der Waals surface area (Å²) in [5, 5.41) is 12.3. The lowest BCUT2D eigenvalue weighted by Gasteiger charge is -2.39. The summed E-state index contributed by atoms with van der Waals surface area (Å²) in [6, 6.07) is 0.499. The molecule has 0 spiro atoms. The second-order valence-corrected chi connectivity index (χ2v) is 7.83. The number of likely N-dealkylation sites (tertiary alicyclic amines) is 2. The van der Waals surface area contributed by atoms with Gasteiger partial charge in [0.25, 0.3) is 0 Å². The molecule has 23 heavy (non-hydrogen) atoms. The molecule has 0 aromatic carbocycles. The molecule has 0 saturated carbocycles. The molecular weight excluding hydrogens is 290 g/mol. The van der Waals surface area contributed by atoms with E-state index in [1.165, 1.54) is 12.8 Å². The van der Waals surface area contributed by atoms with Crippen LogP contribution in [0.25, 0.3) is 0 Å². The predicted octanol–water partition coefficient (Wildman–Crippen LogP) is 2.16. The van der Waals surface area contributed by atoms with Crippen LogP contribution in [0.1, 0.15) is 46.5 Å². The largest absolute Gasteiger partial charge is 0.396 e. The number of nitrogens with zero attached hydrogens (tertiary/aromatic N) is 2. The molecule has 0 radical (unpaired) electrons. The third-order valence-electron chi connectivity index (χ3n) is 5.68. The highest BCUT2D eigenvalue weighted by Crippen LogP contribution is 2.21. The molecule has 2 saturated heterocycles. The number of carbonyl (C=O) groups excluding carboxylic acids is 1. The molecule has 5 heteroatoms. The quantitative estimate of drug-likeness (QED) is 0.814. The Morgan fingerprint density at radius 2 is 1.74 bits per heavy atom. The predicted molar refractivity (Wildman–Crippen MR) is 93.4 cm³/mol. The van der Waals surface area contributed by atoms with E-state index in [-0.39, 0.29) is 12.6 Å². The van der Waals surface area contributed by atoms with Crippen molar-refractivity contribution < 1.29 is 9.90 Å². The fraction of sp³-hybridized carbons (Fsp3) is 0.944. The van der Waals surface area contributed by atoms with Crippen molar-refractivity contribution in [2.45, 2.75) is 52.5 Å². The number of carbonyl (C=O) groups is 1. The van der Waals surface area contributed by atoms with Crippen LogP contribution in [-0.4, -0.2) is 66.3 Å². The number of rotatable bonds is 5. The molecule has 0 aliphatic carbocycles. The molecule has 2 rings (SSSR count). The van der Waals surface area contributed by atoms with Gasteiger partial charge in [0.1, 0.15) is 0 Å². The van der Waals surface area contributed by atoms with Gasteiger partial charge >= 0.3 is 6.03 Å². The first-order chi connectivity index (χ1) is 11.0. The van der Waals surface area contributed by atoms with E-state index >= 15 is 0 Å². The first kappa shape index (κ1) is 18.5. The van der Waals surface area contributed by atoms with E-state index in [0.29, 0.717) is 17.9 Å². The smallest absolute Gasteiger partial charge is 0.317 e. The average Bonchev–Trinajstić information content (AvgIpc) is 2.56. The van der Waals surface area contributed by atoms with Crippen LogP contribution in [0.5, 0.6) is 0 Å². The van der Waals surface area contributed by atoms with Gasteiger partial charge in [0.15, 0.2) is 0 Å². The van der Waals surface area contributed by atoms with Gasteiger partial charge in [-0.1, -0.05) is 20.8 Å². The van der Waals surface area contributed by atoms with E-state index in [9.17, 15) is 9.90 Å². The van der Waals surface area contributed by atoms with E-state index < -0.39 is 0 Å². The maximum absolute atomic E-state index is 12.4. The van der Waals surface area contributed by atoms with Gasteiger partial charge in [0.2, 0.25) is 0 Å². The molecule has 2 amide bonds. The number of piperidine rings is 2. The lowest BCUT2D eigenvalue weighted by molar-refractivity contribution is 0.103. The van der Waals surface area contributed by atoms with E-state index in [4.69, 9.17) is 0 Å². The zero-order chi connectivity index (χ0) is 16.8. The summed E-state index contributed by atoms with van der Waals surface area (Å²) in [5.74, 6) is 1.75. The minimum Gasteiger partial charge on any atom is -0.396 e. The summed E-state index contributed by atoms with van der Waals surface area (Å²) < 4.78 is 0. The van der Waals surface area contributed by atoms with Crippen LogP contribution >= 0.6 is 0 Å². The van der Waals surface area contributed by atoms with Crippen molar-refractivity contribution in [3.05, 3.63) is 0 Å². The molecule has 2 N–H and O–H groups in total. The number of aliphatic hydroxyl groups is 1. The summed E-state index contributed by atoms with van der Waals surface area (Å²) in [4.78, 5) is 16.9. The van der Waals surface area contributed by atoms with E-state index in [1.54, 1.807) is 0 Å². The number of aliphatic hydroxyl groups excluding tert-OH is 1. The van der Waals surface area contributed by atoms with Crippen LogP contribution in [-0.2, 0) is 0 Å². The van der Waals surface area contributed by atoms with E-state index in [2.05, 4.69) is 31.0 Å². The van der Waals surface area contributed by atoms with E-state index in [0.717, 1.165) is 51.5 Å². The highest BCUT2D eigenvalue weighted by Gasteiger charge is 2.27. The Kier molecular flexibility index (Phi) is 7.15. The van der Waals surface area contributed by atoms with Gasteiger partial charge in [-0.3, -0.25) is 4.90 Å². The highest BCUT2D eigenvalue weighted by atomic mass is 16.3. The van der Waals surface area contributed by atoms with Crippen molar-refractivity contribution in [3.63, 3.8) is 0 Å². The molecular formula is C18H35N3O2. The Labute approximate surface area is 141 Å². The molecule has 134 valence electrons. The first-order valence-electron chi connectivity index (χ1n) is 9.39.